The Morgan fingerprint density at radius 1 is 1.07 bits per heavy atom. The highest BCUT2D eigenvalue weighted by Gasteiger charge is 2.16. The van der Waals surface area contributed by atoms with Crippen molar-refractivity contribution in [2.45, 2.75) is 6.42 Å². The monoisotopic (exact) mass is 402 g/mol. The zero-order chi connectivity index (χ0) is 19.8. The van der Waals surface area contributed by atoms with Crippen molar-refractivity contribution < 1.29 is 9.53 Å². The predicted octanol–water partition coefficient (Wildman–Crippen LogP) is 3.68. The number of halogens is 1. The minimum Gasteiger partial charge on any atom is -0.497 e. The number of amides is 2. The number of piperazine rings is 1. The van der Waals surface area contributed by atoms with Crippen molar-refractivity contribution in [2.24, 2.45) is 0 Å². The number of para-hydroxylation sites is 1. The van der Waals surface area contributed by atoms with Gasteiger partial charge in [0, 0.05) is 38.4 Å². The largest absolute Gasteiger partial charge is 0.497 e. The third kappa shape index (κ3) is 5.78. The van der Waals surface area contributed by atoms with Crippen molar-refractivity contribution >= 4 is 29.0 Å². The van der Waals surface area contributed by atoms with Crippen LogP contribution in [0.4, 0.5) is 16.2 Å². The molecule has 1 fully saturated rings. The smallest absolute Gasteiger partial charge is 0.319 e. The maximum Gasteiger partial charge on any atom is 0.319 e. The molecule has 0 atom stereocenters. The highest BCUT2D eigenvalue weighted by Crippen LogP contribution is 2.21. The Labute approximate surface area is 171 Å². The number of urea groups is 1. The number of rotatable bonds is 7. The van der Waals surface area contributed by atoms with Gasteiger partial charge >= 0.3 is 6.03 Å². The third-order valence-electron chi connectivity index (χ3n) is 4.87. The second-order valence-corrected chi connectivity index (χ2v) is 7.15. The average molecular weight is 403 g/mol. The SMILES string of the molecule is COc1ccc(N2CCN(CCCNC(=O)Nc3ccccc3Cl)CC2)cc1. The van der Waals surface area contributed by atoms with Crippen LogP contribution in [-0.4, -0.2) is 57.3 Å². The molecule has 0 aromatic heterocycles. The summed E-state index contributed by atoms with van der Waals surface area (Å²) in [5.41, 5.74) is 1.86. The molecule has 3 rings (SSSR count). The molecular formula is C21H27ClN4O2. The first-order chi connectivity index (χ1) is 13.7. The molecule has 0 spiro atoms. The molecule has 2 amide bonds. The lowest BCUT2D eigenvalue weighted by atomic mass is 10.2. The van der Waals surface area contributed by atoms with Crippen LogP contribution in [0.3, 0.4) is 0 Å². The van der Waals surface area contributed by atoms with Crippen molar-refractivity contribution in [2.75, 3.05) is 56.6 Å². The molecule has 0 bridgehead atoms. The van der Waals surface area contributed by atoms with Crippen LogP contribution in [0.15, 0.2) is 48.5 Å². The van der Waals surface area contributed by atoms with Crippen molar-refractivity contribution in [1.29, 1.82) is 0 Å². The number of hydrogen-bond acceptors (Lipinski definition) is 4. The Bertz CT molecular complexity index is 761. The molecule has 7 heteroatoms. The number of ether oxygens (including phenoxy) is 1. The lowest BCUT2D eigenvalue weighted by Crippen LogP contribution is -2.47. The summed E-state index contributed by atoms with van der Waals surface area (Å²) < 4.78 is 5.22. The fourth-order valence-electron chi connectivity index (χ4n) is 3.26. The fourth-order valence-corrected chi connectivity index (χ4v) is 3.44. The molecule has 2 N–H and O–H groups in total. The van der Waals surface area contributed by atoms with E-state index in [1.807, 2.05) is 24.3 Å². The molecule has 0 radical (unpaired) electrons. The van der Waals surface area contributed by atoms with Crippen molar-refractivity contribution in [3.05, 3.63) is 53.6 Å². The van der Waals surface area contributed by atoms with Gasteiger partial charge in [-0.1, -0.05) is 23.7 Å². The quantitative estimate of drug-likeness (QED) is 0.693. The van der Waals surface area contributed by atoms with Crippen LogP contribution < -0.4 is 20.3 Å². The van der Waals surface area contributed by atoms with Gasteiger partial charge in [-0.25, -0.2) is 4.79 Å². The molecule has 2 aromatic carbocycles. The summed E-state index contributed by atoms with van der Waals surface area (Å²) in [5, 5.41) is 6.19. The van der Waals surface area contributed by atoms with Crippen molar-refractivity contribution in [1.82, 2.24) is 10.2 Å². The Kier molecular flexibility index (Phi) is 7.39. The van der Waals surface area contributed by atoms with Crippen molar-refractivity contribution in [3.63, 3.8) is 0 Å². The number of nitrogens with one attached hydrogen (secondary N) is 2. The summed E-state index contributed by atoms with van der Waals surface area (Å²) in [7, 11) is 1.68. The van der Waals surface area contributed by atoms with Gasteiger partial charge in [0.2, 0.25) is 0 Å². The third-order valence-corrected chi connectivity index (χ3v) is 5.20. The molecule has 6 nitrogen and oxygen atoms in total. The minimum absolute atomic E-state index is 0.225. The van der Waals surface area contributed by atoms with E-state index in [0.29, 0.717) is 17.3 Å². The number of carbonyl (C=O) groups is 1. The van der Waals surface area contributed by atoms with Crippen LogP contribution in [0.2, 0.25) is 5.02 Å². The summed E-state index contributed by atoms with van der Waals surface area (Å²) in [6, 6.07) is 15.2. The van der Waals surface area contributed by atoms with Gasteiger partial charge in [0.25, 0.3) is 0 Å². The average Bonchev–Trinajstić information content (AvgIpc) is 2.73. The van der Waals surface area contributed by atoms with Gasteiger partial charge in [0.1, 0.15) is 5.75 Å². The molecule has 1 aliphatic heterocycles. The van der Waals surface area contributed by atoms with E-state index in [9.17, 15) is 4.79 Å². The first-order valence-corrected chi connectivity index (χ1v) is 9.94. The van der Waals surface area contributed by atoms with Crippen LogP contribution in [0.25, 0.3) is 0 Å². The second-order valence-electron chi connectivity index (χ2n) is 6.74. The Morgan fingerprint density at radius 2 is 1.79 bits per heavy atom. The second kappa shape index (κ2) is 10.2. The fraction of sp³-hybridized carbons (Fsp3) is 0.381. The summed E-state index contributed by atoms with van der Waals surface area (Å²) >= 11 is 6.04. The van der Waals surface area contributed by atoms with E-state index in [2.05, 4.69) is 32.6 Å². The van der Waals surface area contributed by atoms with Crippen LogP contribution in [0.5, 0.6) is 5.75 Å². The van der Waals surface area contributed by atoms with Crippen LogP contribution >= 0.6 is 11.6 Å². The number of nitrogens with zero attached hydrogens (tertiary/aromatic N) is 2. The topological polar surface area (TPSA) is 56.8 Å². The first kappa shape index (κ1) is 20.3. The number of hydrogen-bond donors (Lipinski definition) is 2. The Hall–Kier alpha value is -2.44. The van der Waals surface area contributed by atoms with E-state index < -0.39 is 0 Å². The summed E-state index contributed by atoms with van der Waals surface area (Å²) in [6.07, 6.45) is 0.915. The predicted molar refractivity (Wildman–Crippen MR) is 115 cm³/mol. The van der Waals surface area contributed by atoms with Crippen LogP contribution in [0.1, 0.15) is 6.42 Å². The molecule has 0 aliphatic carbocycles. The highest BCUT2D eigenvalue weighted by molar-refractivity contribution is 6.33. The highest BCUT2D eigenvalue weighted by atomic mass is 35.5. The van der Waals surface area contributed by atoms with E-state index in [4.69, 9.17) is 16.3 Å². The minimum atomic E-state index is -0.225. The van der Waals surface area contributed by atoms with Gasteiger partial charge in [-0.2, -0.15) is 0 Å². The Balaban J connectivity index is 1.32. The summed E-state index contributed by atoms with van der Waals surface area (Å²) in [5.74, 6) is 0.883. The molecule has 150 valence electrons. The normalized spacial score (nSPS) is 14.6. The molecule has 28 heavy (non-hydrogen) atoms. The van der Waals surface area contributed by atoms with Gasteiger partial charge in [0.05, 0.1) is 17.8 Å². The van der Waals surface area contributed by atoms with E-state index in [0.717, 1.165) is 44.9 Å². The van der Waals surface area contributed by atoms with Gasteiger partial charge in [0.15, 0.2) is 0 Å². The van der Waals surface area contributed by atoms with Crippen LogP contribution in [0, 0.1) is 0 Å². The number of carbonyl (C=O) groups excluding carboxylic acids is 1. The first-order valence-electron chi connectivity index (χ1n) is 9.56. The number of anilines is 2. The lowest BCUT2D eigenvalue weighted by molar-refractivity contribution is 0.244. The number of methoxy groups -OCH3 is 1. The van der Waals surface area contributed by atoms with Crippen molar-refractivity contribution in [3.8, 4) is 5.75 Å². The van der Waals surface area contributed by atoms with E-state index in [-0.39, 0.29) is 6.03 Å². The molecule has 2 aromatic rings. The zero-order valence-electron chi connectivity index (χ0n) is 16.2. The molecule has 1 heterocycles. The maximum absolute atomic E-state index is 12.0. The molecule has 1 saturated heterocycles. The van der Waals surface area contributed by atoms with Gasteiger partial charge in [-0.3, -0.25) is 4.90 Å². The van der Waals surface area contributed by atoms with Gasteiger partial charge < -0.3 is 20.3 Å². The number of benzene rings is 2. The van der Waals surface area contributed by atoms with E-state index in [1.165, 1.54) is 5.69 Å². The molecule has 1 aliphatic rings. The van der Waals surface area contributed by atoms with Gasteiger partial charge in [-0.15, -0.1) is 0 Å². The summed E-state index contributed by atoms with van der Waals surface area (Å²) in [6.45, 7) is 5.67. The van der Waals surface area contributed by atoms with E-state index >= 15 is 0 Å². The van der Waals surface area contributed by atoms with E-state index in [1.54, 1.807) is 19.2 Å². The maximum atomic E-state index is 12.0. The van der Waals surface area contributed by atoms with Gasteiger partial charge in [-0.05, 0) is 49.4 Å². The summed E-state index contributed by atoms with van der Waals surface area (Å²) in [4.78, 5) is 16.8. The molecule has 0 saturated carbocycles. The molecular weight excluding hydrogens is 376 g/mol. The standard InChI is InChI=1S/C21H27ClN4O2/c1-28-18-9-7-17(8-10-18)26-15-13-25(14-16-26)12-4-11-23-21(27)24-20-6-3-2-5-19(20)22/h2-3,5-10H,4,11-16H2,1H3,(H2,23,24,27). The lowest BCUT2D eigenvalue weighted by Gasteiger charge is -2.36. The zero-order valence-corrected chi connectivity index (χ0v) is 16.9. The molecule has 0 unspecified atom stereocenters. The van der Waals surface area contributed by atoms with Crippen LogP contribution in [-0.2, 0) is 0 Å². The Morgan fingerprint density at radius 3 is 2.46 bits per heavy atom.